The molecule has 0 heterocycles. The van der Waals surface area contributed by atoms with E-state index in [0.717, 1.165) is 23.2 Å². The van der Waals surface area contributed by atoms with Crippen LogP contribution in [0.25, 0.3) is 0 Å². The van der Waals surface area contributed by atoms with E-state index in [4.69, 9.17) is 21.1 Å². The van der Waals surface area contributed by atoms with Crippen molar-refractivity contribution in [3.05, 3.63) is 92.5 Å². The van der Waals surface area contributed by atoms with Crippen molar-refractivity contribution in [2.75, 3.05) is 6.61 Å². The van der Waals surface area contributed by atoms with E-state index in [9.17, 15) is 10.1 Å². The Bertz CT molecular complexity index is 1060. The van der Waals surface area contributed by atoms with Crippen molar-refractivity contribution in [1.29, 1.82) is 0 Å². The van der Waals surface area contributed by atoms with E-state index in [2.05, 4.69) is 24.0 Å². The van der Waals surface area contributed by atoms with Gasteiger partial charge in [-0.2, -0.15) is 0 Å². The number of aryl methyl sites for hydroxylation is 1. The molecule has 3 aromatic carbocycles. The van der Waals surface area contributed by atoms with Gasteiger partial charge in [-0.05, 0) is 66.4 Å². The van der Waals surface area contributed by atoms with Gasteiger partial charge in [-0.1, -0.05) is 30.7 Å². The molecule has 0 fully saturated rings. The summed E-state index contributed by atoms with van der Waals surface area (Å²) in [7, 11) is 0. The van der Waals surface area contributed by atoms with Crippen LogP contribution in [0, 0.1) is 10.1 Å². The number of nitro benzene ring substituents is 1. The van der Waals surface area contributed by atoms with Gasteiger partial charge in [0.15, 0.2) is 11.5 Å². The summed E-state index contributed by atoms with van der Waals surface area (Å²) in [5.41, 5.74) is 3.71. The van der Waals surface area contributed by atoms with Gasteiger partial charge in [0, 0.05) is 18.3 Å². The van der Waals surface area contributed by atoms with E-state index in [1.807, 2.05) is 25.1 Å². The van der Waals surface area contributed by atoms with Crippen LogP contribution in [0.2, 0.25) is 5.02 Å². The molecule has 6 nitrogen and oxygen atoms in total. The fraction of sp³-hybridized carbons (Fsp3) is 0.208. The third kappa shape index (κ3) is 6.06. The van der Waals surface area contributed by atoms with Crippen LogP contribution < -0.4 is 9.47 Å². The van der Waals surface area contributed by atoms with Crippen molar-refractivity contribution in [1.82, 2.24) is 0 Å². The van der Waals surface area contributed by atoms with Crippen LogP contribution in [-0.2, 0) is 13.0 Å². The predicted molar refractivity (Wildman–Crippen MR) is 123 cm³/mol. The normalized spacial score (nSPS) is 10.9. The standard InChI is InChI=1S/C24H23ClN2O4/c1-3-17-5-9-20(10-6-17)26-15-19-13-22(25)24(23(14-19)30-4-2)31-16-18-7-11-21(12-8-18)27(28)29/h5-15H,3-4,16H2,1-2H3. The Kier molecular flexibility index (Phi) is 7.62. The number of aliphatic imine (C=N–C) groups is 1. The molecule has 0 aliphatic carbocycles. The summed E-state index contributed by atoms with van der Waals surface area (Å²) < 4.78 is 11.6. The van der Waals surface area contributed by atoms with Crippen molar-refractivity contribution in [2.45, 2.75) is 26.9 Å². The summed E-state index contributed by atoms with van der Waals surface area (Å²) in [5, 5.41) is 11.2. The van der Waals surface area contributed by atoms with Crippen molar-refractivity contribution in [2.24, 2.45) is 4.99 Å². The molecule has 0 aliphatic rings. The first-order valence-corrected chi connectivity index (χ1v) is 10.3. The Hall–Kier alpha value is -3.38. The molecule has 0 radical (unpaired) electrons. The zero-order valence-electron chi connectivity index (χ0n) is 17.4. The van der Waals surface area contributed by atoms with Crippen molar-refractivity contribution < 1.29 is 14.4 Å². The smallest absolute Gasteiger partial charge is 0.269 e. The number of nitrogens with zero attached hydrogens (tertiary/aromatic N) is 2. The zero-order valence-corrected chi connectivity index (χ0v) is 18.1. The second-order valence-corrected chi connectivity index (χ2v) is 7.16. The molecule has 0 saturated heterocycles. The summed E-state index contributed by atoms with van der Waals surface area (Å²) in [6.45, 7) is 4.64. The van der Waals surface area contributed by atoms with Crippen LogP contribution in [-0.4, -0.2) is 17.7 Å². The molecule has 0 aliphatic heterocycles. The molecule has 31 heavy (non-hydrogen) atoms. The highest BCUT2D eigenvalue weighted by Crippen LogP contribution is 2.37. The zero-order chi connectivity index (χ0) is 22.2. The van der Waals surface area contributed by atoms with Crippen LogP contribution in [0.4, 0.5) is 11.4 Å². The van der Waals surface area contributed by atoms with E-state index in [1.54, 1.807) is 24.4 Å². The Labute approximate surface area is 186 Å². The fourth-order valence-electron chi connectivity index (χ4n) is 2.90. The van der Waals surface area contributed by atoms with Gasteiger partial charge in [0.05, 0.1) is 22.2 Å². The minimum atomic E-state index is -0.437. The molecule has 7 heteroatoms. The van der Waals surface area contributed by atoms with Crippen LogP contribution in [0.5, 0.6) is 11.5 Å². The maximum Gasteiger partial charge on any atom is 0.269 e. The molecule has 0 bridgehead atoms. The quantitative estimate of drug-likeness (QED) is 0.216. The average molecular weight is 439 g/mol. The molecule has 0 amide bonds. The van der Waals surface area contributed by atoms with Gasteiger partial charge in [-0.25, -0.2) is 0 Å². The Morgan fingerprint density at radius 1 is 1.00 bits per heavy atom. The van der Waals surface area contributed by atoms with Crippen LogP contribution in [0.1, 0.15) is 30.5 Å². The molecule has 160 valence electrons. The summed E-state index contributed by atoms with van der Waals surface area (Å²) >= 11 is 6.47. The number of nitro groups is 1. The SMILES string of the molecule is CCOc1cc(C=Nc2ccc(CC)cc2)cc(Cl)c1OCc1ccc([N+](=O)[O-])cc1. The van der Waals surface area contributed by atoms with Gasteiger partial charge in [0.1, 0.15) is 6.61 Å². The molecular weight excluding hydrogens is 416 g/mol. The van der Waals surface area contributed by atoms with Gasteiger partial charge in [-0.15, -0.1) is 0 Å². The highest BCUT2D eigenvalue weighted by molar-refractivity contribution is 6.32. The lowest BCUT2D eigenvalue weighted by Gasteiger charge is -2.14. The highest BCUT2D eigenvalue weighted by atomic mass is 35.5. The summed E-state index contributed by atoms with van der Waals surface area (Å²) in [6, 6.07) is 17.8. The van der Waals surface area contributed by atoms with E-state index in [-0.39, 0.29) is 12.3 Å². The molecule has 3 rings (SSSR count). The fourth-order valence-corrected chi connectivity index (χ4v) is 3.18. The molecule has 0 atom stereocenters. The minimum absolute atomic E-state index is 0.0322. The van der Waals surface area contributed by atoms with Crippen LogP contribution in [0.15, 0.2) is 65.7 Å². The van der Waals surface area contributed by atoms with E-state index in [1.165, 1.54) is 17.7 Å². The van der Waals surface area contributed by atoms with Crippen LogP contribution in [0.3, 0.4) is 0 Å². The highest BCUT2D eigenvalue weighted by Gasteiger charge is 2.13. The lowest BCUT2D eigenvalue weighted by atomic mass is 10.1. The maximum absolute atomic E-state index is 10.8. The minimum Gasteiger partial charge on any atom is -0.490 e. The molecule has 3 aromatic rings. The second kappa shape index (κ2) is 10.6. The molecular formula is C24H23ClN2O4. The second-order valence-electron chi connectivity index (χ2n) is 6.75. The van der Waals surface area contributed by atoms with Crippen molar-refractivity contribution in [3.8, 4) is 11.5 Å². The Morgan fingerprint density at radius 3 is 2.29 bits per heavy atom. The molecule has 0 aromatic heterocycles. The number of hydrogen-bond donors (Lipinski definition) is 0. The topological polar surface area (TPSA) is 74.0 Å². The average Bonchev–Trinajstić information content (AvgIpc) is 2.78. The van der Waals surface area contributed by atoms with Crippen molar-refractivity contribution in [3.63, 3.8) is 0 Å². The Morgan fingerprint density at radius 2 is 1.68 bits per heavy atom. The number of halogens is 1. The van der Waals surface area contributed by atoms with E-state index >= 15 is 0 Å². The lowest BCUT2D eigenvalue weighted by molar-refractivity contribution is -0.384. The number of benzene rings is 3. The first kappa shape index (κ1) is 22.3. The van der Waals surface area contributed by atoms with Gasteiger partial charge in [0.2, 0.25) is 0 Å². The summed E-state index contributed by atoms with van der Waals surface area (Å²) in [6.07, 6.45) is 2.72. The van der Waals surface area contributed by atoms with Gasteiger partial charge in [0.25, 0.3) is 5.69 Å². The number of ether oxygens (including phenoxy) is 2. The summed E-state index contributed by atoms with van der Waals surface area (Å²) in [4.78, 5) is 14.9. The number of hydrogen-bond acceptors (Lipinski definition) is 5. The first-order chi connectivity index (χ1) is 15.0. The molecule has 0 spiro atoms. The summed E-state index contributed by atoms with van der Waals surface area (Å²) in [5.74, 6) is 0.936. The lowest BCUT2D eigenvalue weighted by Crippen LogP contribution is -2.01. The van der Waals surface area contributed by atoms with Crippen molar-refractivity contribution >= 4 is 29.2 Å². The molecule has 0 unspecified atom stereocenters. The Balaban J connectivity index is 1.77. The first-order valence-electron chi connectivity index (χ1n) is 9.95. The van der Waals surface area contributed by atoms with Crippen LogP contribution >= 0.6 is 11.6 Å². The van der Waals surface area contributed by atoms with E-state index < -0.39 is 4.92 Å². The monoisotopic (exact) mass is 438 g/mol. The number of rotatable bonds is 9. The van der Waals surface area contributed by atoms with Gasteiger partial charge in [-0.3, -0.25) is 15.1 Å². The molecule has 0 N–H and O–H groups in total. The van der Waals surface area contributed by atoms with Gasteiger partial charge >= 0.3 is 0 Å². The largest absolute Gasteiger partial charge is 0.490 e. The third-order valence-corrected chi connectivity index (χ3v) is 4.85. The predicted octanol–water partition coefficient (Wildman–Crippen LogP) is 6.54. The van der Waals surface area contributed by atoms with E-state index in [0.29, 0.717) is 23.1 Å². The number of non-ortho nitro benzene ring substituents is 1. The van der Waals surface area contributed by atoms with Gasteiger partial charge < -0.3 is 9.47 Å². The maximum atomic E-state index is 10.8. The third-order valence-electron chi connectivity index (χ3n) is 4.57. The molecule has 0 saturated carbocycles.